The predicted molar refractivity (Wildman–Crippen MR) is 53.6 cm³/mol. The lowest BCUT2D eigenvalue weighted by atomic mass is 9.98. The second-order valence-electron chi connectivity index (χ2n) is 3.95. The number of fused-ring (bicyclic) bond motifs is 1. The van der Waals surface area contributed by atoms with Gasteiger partial charge in [0, 0.05) is 24.6 Å². The lowest BCUT2D eigenvalue weighted by Gasteiger charge is -2.22. The van der Waals surface area contributed by atoms with Crippen molar-refractivity contribution >= 4 is 15.9 Å². The van der Waals surface area contributed by atoms with E-state index < -0.39 is 0 Å². The Morgan fingerprint density at radius 3 is 3.08 bits per heavy atom. The summed E-state index contributed by atoms with van der Waals surface area (Å²) < 4.78 is 6.47. The van der Waals surface area contributed by atoms with Crippen LogP contribution in [0.1, 0.15) is 30.2 Å². The largest absolute Gasteiger partial charge is 0.454 e. The fourth-order valence-electron chi connectivity index (χ4n) is 2.17. The molecular formula is C10H12BrNO. The van der Waals surface area contributed by atoms with Crippen LogP contribution in [0, 0.1) is 5.92 Å². The van der Waals surface area contributed by atoms with Gasteiger partial charge in [0.05, 0.1) is 0 Å². The van der Waals surface area contributed by atoms with E-state index in [2.05, 4.69) is 27.3 Å². The van der Waals surface area contributed by atoms with Crippen molar-refractivity contribution in [2.75, 3.05) is 6.54 Å². The van der Waals surface area contributed by atoms with Crippen molar-refractivity contribution in [3.05, 3.63) is 22.1 Å². The molecule has 0 saturated heterocycles. The lowest BCUT2D eigenvalue weighted by molar-refractivity contribution is 0.403. The number of halogens is 1. The maximum absolute atomic E-state index is 5.59. The lowest BCUT2D eigenvalue weighted by Crippen LogP contribution is -2.30. The summed E-state index contributed by atoms with van der Waals surface area (Å²) in [6, 6.07) is 2.70. The van der Waals surface area contributed by atoms with Gasteiger partial charge in [0.1, 0.15) is 5.76 Å². The summed E-state index contributed by atoms with van der Waals surface area (Å²) >= 11 is 3.39. The molecule has 1 fully saturated rings. The van der Waals surface area contributed by atoms with Crippen molar-refractivity contribution in [2.24, 2.45) is 5.92 Å². The van der Waals surface area contributed by atoms with Crippen LogP contribution in [0.15, 0.2) is 15.2 Å². The summed E-state index contributed by atoms with van der Waals surface area (Å²) in [4.78, 5) is 0. The van der Waals surface area contributed by atoms with E-state index in [0.717, 1.165) is 23.6 Å². The van der Waals surface area contributed by atoms with Crippen LogP contribution < -0.4 is 5.32 Å². The highest BCUT2D eigenvalue weighted by molar-refractivity contribution is 9.10. The molecule has 0 amide bonds. The third-order valence-electron chi connectivity index (χ3n) is 2.96. The normalized spacial score (nSPS) is 27.3. The Morgan fingerprint density at radius 1 is 1.46 bits per heavy atom. The van der Waals surface area contributed by atoms with Crippen LogP contribution in [0.4, 0.5) is 0 Å². The molecule has 2 nitrogen and oxygen atoms in total. The molecule has 0 radical (unpaired) electrons. The molecule has 1 N–H and O–H groups in total. The number of furan rings is 1. The molecule has 0 spiro atoms. The first-order chi connectivity index (χ1) is 6.34. The average molecular weight is 242 g/mol. The standard InChI is InChI=1S/C10H12BrNO/c11-9-5-7-8(13-9)3-4-12-10(7)6-1-2-6/h5-6,10,12H,1-4H2. The summed E-state index contributed by atoms with van der Waals surface area (Å²) in [6.45, 7) is 1.06. The van der Waals surface area contributed by atoms with Crippen molar-refractivity contribution in [3.8, 4) is 0 Å². The zero-order chi connectivity index (χ0) is 8.84. The highest BCUT2D eigenvalue weighted by Gasteiger charge is 2.36. The number of hydrogen-bond acceptors (Lipinski definition) is 2. The first kappa shape index (κ1) is 8.06. The second-order valence-corrected chi connectivity index (χ2v) is 4.73. The SMILES string of the molecule is Brc1cc2c(o1)CCNC2C1CC1. The molecular weight excluding hydrogens is 230 g/mol. The molecule has 1 atom stereocenters. The summed E-state index contributed by atoms with van der Waals surface area (Å²) in [6.07, 6.45) is 3.78. The van der Waals surface area contributed by atoms with Gasteiger partial charge in [-0.1, -0.05) is 0 Å². The van der Waals surface area contributed by atoms with Crippen molar-refractivity contribution in [2.45, 2.75) is 25.3 Å². The molecule has 2 aliphatic rings. The minimum absolute atomic E-state index is 0.568. The predicted octanol–water partition coefficient (Wildman–Crippen LogP) is 2.64. The van der Waals surface area contributed by atoms with Gasteiger partial charge in [-0.2, -0.15) is 0 Å². The third kappa shape index (κ3) is 1.34. The summed E-state index contributed by atoms with van der Waals surface area (Å²) in [5.74, 6) is 2.05. The van der Waals surface area contributed by atoms with E-state index in [4.69, 9.17) is 4.42 Å². The van der Waals surface area contributed by atoms with Crippen LogP contribution in [0.3, 0.4) is 0 Å². The van der Waals surface area contributed by atoms with E-state index >= 15 is 0 Å². The maximum Gasteiger partial charge on any atom is 0.169 e. The molecule has 1 saturated carbocycles. The average Bonchev–Trinajstić information content (AvgIpc) is 2.86. The maximum atomic E-state index is 5.59. The summed E-state index contributed by atoms with van der Waals surface area (Å²) in [7, 11) is 0. The molecule has 1 aromatic heterocycles. The molecule has 13 heavy (non-hydrogen) atoms. The van der Waals surface area contributed by atoms with Gasteiger partial charge in [-0.3, -0.25) is 0 Å². The van der Waals surface area contributed by atoms with E-state index in [1.54, 1.807) is 0 Å². The van der Waals surface area contributed by atoms with Crippen molar-refractivity contribution in [1.82, 2.24) is 5.32 Å². The Balaban J connectivity index is 1.99. The fourth-order valence-corrected chi connectivity index (χ4v) is 2.61. The first-order valence-electron chi connectivity index (χ1n) is 4.86. The van der Waals surface area contributed by atoms with E-state index in [-0.39, 0.29) is 0 Å². The van der Waals surface area contributed by atoms with Gasteiger partial charge >= 0.3 is 0 Å². The minimum atomic E-state index is 0.568. The van der Waals surface area contributed by atoms with Crippen LogP contribution in [0.2, 0.25) is 0 Å². The van der Waals surface area contributed by atoms with Gasteiger partial charge < -0.3 is 9.73 Å². The van der Waals surface area contributed by atoms with Crippen LogP contribution >= 0.6 is 15.9 Å². The number of nitrogens with one attached hydrogen (secondary N) is 1. The molecule has 70 valence electrons. The Labute approximate surface area is 85.8 Å². The smallest absolute Gasteiger partial charge is 0.169 e. The molecule has 0 bridgehead atoms. The second kappa shape index (κ2) is 2.85. The summed E-state index contributed by atoms with van der Waals surface area (Å²) in [5.41, 5.74) is 1.39. The van der Waals surface area contributed by atoms with Gasteiger partial charge in [-0.15, -0.1) is 0 Å². The summed E-state index contributed by atoms with van der Waals surface area (Å²) in [5, 5.41) is 3.57. The number of hydrogen-bond donors (Lipinski definition) is 1. The van der Waals surface area contributed by atoms with E-state index in [0.29, 0.717) is 6.04 Å². The minimum Gasteiger partial charge on any atom is -0.454 e. The Kier molecular flexibility index (Phi) is 1.77. The quantitative estimate of drug-likeness (QED) is 0.818. The first-order valence-corrected chi connectivity index (χ1v) is 5.65. The van der Waals surface area contributed by atoms with Crippen molar-refractivity contribution in [3.63, 3.8) is 0 Å². The van der Waals surface area contributed by atoms with Gasteiger partial charge in [0.25, 0.3) is 0 Å². The van der Waals surface area contributed by atoms with E-state index in [1.165, 1.54) is 24.2 Å². The highest BCUT2D eigenvalue weighted by Crippen LogP contribution is 2.44. The van der Waals surface area contributed by atoms with Gasteiger partial charge in [-0.25, -0.2) is 0 Å². The van der Waals surface area contributed by atoms with E-state index in [9.17, 15) is 0 Å². The fraction of sp³-hybridized carbons (Fsp3) is 0.600. The van der Waals surface area contributed by atoms with Gasteiger partial charge in [-0.05, 0) is 40.8 Å². The zero-order valence-electron chi connectivity index (χ0n) is 7.35. The van der Waals surface area contributed by atoms with Crippen LogP contribution in [0.5, 0.6) is 0 Å². The zero-order valence-corrected chi connectivity index (χ0v) is 8.93. The van der Waals surface area contributed by atoms with Crippen LogP contribution in [-0.4, -0.2) is 6.54 Å². The molecule has 1 aliphatic carbocycles. The molecule has 1 unspecified atom stereocenters. The number of rotatable bonds is 1. The Hall–Kier alpha value is -0.280. The molecule has 1 aromatic rings. The molecule has 2 heterocycles. The van der Waals surface area contributed by atoms with Gasteiger partial charge in [0.2, 0.25) is 0 Å². The highest BCUT2D eigenvalue weighted by atomic mass is 79.9. The molecule has 3 rings (SSSR count). The topological polar surface area (TPSA) is 25.2 Å². The Bertz CT molecular complexity index is 330. The molecule has 0 aromatic carbocycles. The molecule has 1 aliphatic heterocycles. The van der Waals surface area contributed by atoms with E-state index in [1.807, 2.05) is 0 Å². The van der Waals surface area contributed by atoms with Crippen LogP contribution in [0.25, 0.3) is 0 Å². The van der Waals surface area contributed by atoms with Crippen LogP contribution in [-0.2, 0) is 6.42 Å². The molecule has 3 heteroatoms. The Morgan fingerprint density at radius 2 is 2.31 bits per heavy atom. The van der Waals surface area contributed by atoms with Gasteiger partial charge in [0.15, 0.2) is 4.67 Å². The van der Waals surface area contributed by atoms with Crippen molar-refractivity contribution in [1.29, 1.82) is 0 Å². The third-order valence-corrected chi connectivity index (χ3v) is 3.35. The monoisotopic (exact) mass is 241 g/mol. The van der Waals surface area contributed by atoms with Crippen molar-refractivity contribution < 1.29 is 4.42 Å².